The van der Waals surface area contributed by atoms with E-state index in [4.69, 9.17) is 9.47 Å². The van der Waals surface area contributed by atoms with Gasteiger partial charge in [0.25, 0.3) is 0 Å². The second-order valence-electron chi connectivity index (χ2n) is 11.5. The molecule has 2 aliphatic carbocycles. The normalized spacial score (nSPS) is 46.5. The molecule has 0 aromatic rings. The molecule has 2 aliphatic heterocycles. The van der Waals surface area contributed by atoms with E-state index in [1.165, 1.54) is 44.9 Å². The molecular formula is C25H42O3. The van der Waals surface area contributed by atoms with Crippen molar-refractivity contribution in [3.05, 3.63) is 0 Å². The van der Waals surface area contributed by atoms with Gasteiger partial charge in [-0.2, -0.15) is 0 Å². The van der Waals surface area contributed by atoms with Crippen LogP contribution in [0.3, 0.4) is 0 Å². The van der Waals surface area contributed by atoms with Gasteiger partial charge in [0, 0.05) is 6.42 Å². The van der Waals surface area contributed by atoms with E-state index < -0.39 is 0 Å². The summed E-state index contributed by atoms with van der Waals surface area (Å²) in [7, 11) is 0. The second-order valence-corrected chi connectivity index (χ2v) is 11.5. The fourth-order valence-corrected chi connectivity index (χ4v) is 7.97. The van der Waals surface area contributed by atoms with E-state index in [9.17, 15) is 4.79 Å². The molecule has 0 N–H and O–H groups in total. The smallest absolute Gasteiger partial charge is 0.308 e. The number of esters is 1. The molecule has 4 rings (SSSR count). The first-order chi connectivity index (χ1) is 13.2. The molecule has 2 bridgehead atoms. The average molecular weight is 391 g/mol. The van der Waals surface area contributed by atoms with Crippen LogP contribution < -0.4 is 0 Å². The highest BCUT2D eigenvalue weighted by atomic mass is 16.6. The molecule has 0 aromatic heterocycles. The molecule has 0 unspecified atom stereocenters. The summed E-state index contributed by atoms with van der Waals surface area (Å²) in [5, 5.41) is 0. The Morgan fingerprint density at radius 1 is 1.04 bits per heavy atom. The molecule has 4 fully saturated rings. The van der Waals surface area contributed by atoms with Crippen LogP contribution in [0.15, 0.2) is 0 Å². The quantitative estimate of drug-likeness (QED) is 0.540. The van der Waals surface area contributed by atoms with E-state index in [-0.39, 0.29) is 17.7 Å². The van der Waals surface area contributed by atoms with Crippen molar-refractivity contribution in [3.63, 3.8) is 0 Å². The van der Waals surface area contributed by atoms with Gasteiger partial charge in [-0.05, 0) is 73.5 Å². The van der Waals surface area contributed by atoms with E-state index in [1.807, 2.05) is 0 Å². The fraction of sp³-hybridized carbons (Fsp3) is 0.960. The Labute approximate surface area is 172 Å². The van der Waals surface area contributed by atoms with Gasteiger partial charge < -0.3 is 9.47 Å². The highest BCUT2D eigenvalue weighted by Crippen LogP contribution is 2.66. The van der Waals surface area contributed by atoms with Crippen molar-refractivity contribution < 1.29 is 14.3 Å². The van der Waals surface area contributed by atoms with E-state index in [1.54, 1.807) is 0 Å². The summed E-state index contributed by atoms with van der Waals surface area (Å²) in [6.45, 7) is 12.6. The van der Waals surface area contributed by atoms with Crippen LogP contribution >= 0.6 is 0 Å². The molecule has 3 heteroatoms. The third kappa shape index (κ3) is 3.44. The molecule has 0 radical (unpaired) electrons. The lowest BCUT2D eigenvalue weighted by atomic mass is 9.53. The van der Waals surface area contributed by atoms with Crippen molar-refractivity contribution in [2.75, 3.05) is 6.61 Å². The Balaban J connectivity index is 1.52. The van der Waals surface area contributed by atoms with Crippen LogP contribution in [0.1, 0.15) is 92.4 Å². The van der Waals surface area contributed by atoms with Crippen molar-refractivity contribution >= 4 is 5.97 Å². The van der Waals surface area contributed by atoms with E-state index >= 15 is 0 Å². The fourth-order valence-electron chi connectivity index (χ4n) is 7.97. The number of fused-ring (bicyclic) bond motifs is 7. The minimum absolute atomic E-state index is 0.0448. The number of rotatable bonds is 5. The molecule has 8 atom stereocenters. The molecule has 160 valence electrons. The maximum absolute atomic E-state index is 12.2. The minimum atomic E-state index is -0.0850. The topological polar surface area (TPSA) is 35.5 Å². The van der Waals surface area contributed by atoms with Crippen LogP contribution in [-0.2, 0) is 14.3 Å². The lowest BCUT2D eigenvalue weighted by Crippen LogP contribution is -2.47. The monoisotopic (exact) mass is 390 g/mol. The SMILES string of the molecule is CC(C)CCC[C@@H](C)[C@H]1CC[C@H]2[C@@H]3[C@H]4CC(=O)OCC[C@](C)(O4)[C@H]3CC[C@]12C. The molecule has 0 amide bonds. The third-order valence-electron chi connectivity index (χ3n) is 9.40. The highest BCUT2D eigenvalue weighted by molar-refractivity contribution is 5.70. The van der Waals surface area contributed by atoms with Crippen LogP contribution in [0.4, 0.5) is 0 Å². The Kier molecular flexibility index (Phi) is 5.61. The Morgan fingerprint density at radius 3 is 2.57 bits per heavy atom. The minimum Gasteiger partial charge on any atom is -0.465 e. The molecule has 3 nitrogen and oxygen atoms in total. The number of cyclic esters (lactones) is 1. The summed E-state index contributed by atoms with van der Waals surface area (Å²) in [5.41, 5.74) is 0.349. The van der Waals surface area contributed by atoms with Crippen molar-refractivity contribution in [1.29, 1.82) is 0 Å². The summed E-state index contributed by atoms with van der Waals surface area (Å²) in [4.78, 5) is 12.2. The summed E-state index contributed by atoms with van der Waals surface area (Å²) in [6, 6.07) is 0. The van der Waals surface area contributed by atoms with E-state index in [0.717, 1.165) is 30.1 Å². The van der Waals surface area contributed by atoms with Crippen molar-refractivity contribution in [2.24, 2.45) is 40.9 Å². The van der Waals surface area contributed by atoms with Crippen molar-refractivity contribution in [2.45, 2.75) is 104 Å². The van der Waals surface area contributed by atoms with Gasteiger partial charge in [-0.25, -0.2) is 0 Å². The van der Waals surface area contributed by atoms with Crippen LogP contribution in [0.25, 0.3) is 0 Å². The average Bonchev–Trinajstić information content (AvgIpc) is 3.09. The number of hydrogen-bond acceptors (Lipinski definition) is 3. The van der Waals surface area contributed by atoms with Gasteiger partial charge >= 0.3 is 5.97 Å². The molecule has 0 spiro atoms. The largest absolute Gasteiger partial charge is 0.465 e. The van der Waals surface area contributed by atoms with E-state index in [0.29, 0.717) is 30.3 Å². The van der Waals surface area contributed by atoms with Gasteiger partial charge in [0.2, 0.25) is 0 Å². The summed E-state index contributed by atoms with van der Waals surface area (Å²) in [5.74, 6) is 4.33. The maximum Gasteiger partial charge on any atom is 0.308 e. The number of ether oxygens (including phenoxy) is 2. The highest BCUT2D eigenvalue weighted by Gasteiger charge is 2.63. The first-order valence-corrected chi connectivity index (χ1v) is 12.1. The lowest BCUT2D eigenvalue weighted by Gasteiger charge is -2.50. The maximum atomic E-state index is 12.2. The Bertz CT molecular complexity index is 586. The zero-order chi connectivity index (χ0) is 20.1. The summed E-state index contributed by atoms with van der Waals surface area (Å²) >= 11 is 0. The van der Waals surface area contributed by atoms with Gasteiger partial charge in [-0.1, -0.05) is 47.0 Å². The number of carbonyl (C=O) groups excluding carboxylic acids is 1. The zero-order valence-electron chi connectivity index (χ0n) is 18.8. The molecule has 28 heavy (non-hydrogen) atoms. The molecule has 4 aliphatic rings. The zero-order valence-corrected chi connectivity index (χ0v) is 18.8. The molecule has 2 saturated heterocycles. The lowest BCUT2D eigenvalue weighted by molar-refractivity contribution is -0.157. The molecular weight excluding hydrogens is 348 g/mol. The van der Waals surface area contributed by atoms with Gasteiger partial charge in [0.15, 0.2) is 0 Å². The van der Waals surface area contributed by atoms with Gasteiger partial charge in [-0.3, -0.25) is 4.79 Å². The van der Waals surface area contributed by atoms with Gasteiger partial charge in [-0.15, -0.1) is 0 Å². The number of hydrogen-bond donors (Lipinski definition) is 0. The standard InChI is InChI=1S/C25H42O3/c1-16(2)7-6-8-17(3)18-9-10-19-23-20(11-12-24(18,19)4)25(5)13-14-27-22(26)15-21(23)28-25/h16-21,23H,6-15H2,1-5H3/t17-,18-,19+,20+,21-,23+,24-,25+/m1/s1. The molecule has 0 aromatic carbocycles. The first kappa shape index (κ1) is 20.7. The van der Waals surface area contributed by atoms with Crippen LogP contribution in [0, 0.1) is 40.9 Å². The Morgan fingerprint density at radius 2 is 1.82 bits per heavy atom. The Hall–Kier alpha value is -0.570. The van der Waals surface area contributed by atoms with Crippen molar-refractivity contribution in [1.82, 2.24) is 0 Å². The predicted molar refractivity (Wildman–Crippen MR) is 112 cm³/mol. The molecule has 2 heterocycles. The third-order valence-corrected chi connectivity index (χ3v) is 9.40. The first-order valence-electron chi connectivity index (χ1n) is 12.1. The van der Waals surface area contributed by atoms with Gasteiger partial charge in [0.1, 0.15) is 0 Å². The van der Waals surface area contributed by atoms with Crippen molar-refractivity contribution in [3.8, 4) is 0 Å². The van der Waals surface area contributed by atoms with Crippen LogP contribution in [0.2, 0.25) is 0 Å². The second kappa shape index (κ2) is 7.60. The molecule has 2 saturated carbocycles. The summed E-state index contributed by atoms with van der Waals surface area (Å²) < 4.78 is 12.1. The van der Waals surface area contributed by atoms with Crippen LogP contribution in [-0.4, -0.2) is 24.3 Å². The number of carbonyl (C=O) groups is 1. The van der Waals surface area contributed by atoms with Gasteiger partial charge in [0.05, 0.1) is 24.7 Å². The predicted octanol–water partition coefficient (Wildman–Crippen LogP) is 6.00. The van der Waals surface area contributed by atoms with Crippen LogP contribution in [0.5, 0.6) is 0 Å². The summed E-state index contributed by atoms with van der Waals surface area (Å²) in [6.07, 6.45) is 10.9. The van der Waals surface area contributed by atoms with E-state index in [2.05, 4.69) is 34.6 Å².